The molecule has 0 bridgehead atoms. The van der Waals surface area contributed by atoms with Crippen molar-refractivity contribution in [3.05, 3.63) is 41.5 Å². The van der Waals surface area contributed by atoms with E-state index >= 15 is 0 Å². The molecule has 0 aliphatic rings. The SMILES string of the molecule is [CH2]CCc1cc(F)ccc1Cl. The highest BCUT2D eigenvalue weighted by molar-refractivity contribution is 6.31. The normalized spacial score (nSPS) is 10.1. The highest BCUT2D eigenvalue weighted by Gasteiger charge is 1.99. The third-order valence-corrected chi connectivity index (χ3v) is 1.82. The van der Waals surface area contributed by atoms with Gasteiger partial charge in [0, 0.05) is 5.02 Å². The lowest BCUT2D eigenvalue weighted by molar-refractivity contribution is 0.625. The Bertz CT molecular complexity index is 245. The molecule has 0 aromatic heterocycles. The quantitative estimate of drug-likeness (QED) is 0.641. The van der Waals surface area contributed by atoms with E-state index in [0.717, 1.165) is 18.4 Å². The van der Waals surface area contributed by atoms with Crippen LogP contribution in [0.5, 0.6) is 0 Å². The predicted molar refractivity (Wildman–Crippen MR) is 45.1 cm³/mol. The van der Waals surface area contributed by atoms with E-state index in [1.54, 1.807) is 6.07 Å². The average Bonchev–Trinajstić information content (AvgIpc) is 1.98. The summed E-state index contributed by atoms with van der Waals surface area (Å²) in [6, 6.07) is 4.38. The fourth-order valence-electron chi connectivity index (χ4n) is 0.925. The third-order valence-electron chi connectivity index (χ3n) is 1.45. The number of hydrogen-bond donors (Lipinski definition) is 0. The van der Waals surface area contributed by atoms with Crippen LogP contribution in [0.2, 0.25) is 5.02 Å². The molecule has 0 nitrogen and oxygen atoms in total. The van der Waals surface area contributed by atoms with Crippen molar-refractivity contribution in [3.63, 3.8) is 0 Å². The van der Waals surface area contributed by atoms with Crippen molar-refractivity contribution < 1.29 is 4.39 Å². The summed E-state index contributed by atoms with van der Waals surface area (Å²) in [7, 11) is 0. The Morgan fingerprint density at radius 3 is 2.82 bits per heavy atom. The zero-order valence-electron chi connectivity index (χ0n) is 6.11. The van der Waals surface area contributed by atoms with Gasteiger partial charge >= 0.3 is 0 Å². The van der Waals surface area contributed by atoms with Gasteiger partial charge in [-0.3, -0.25) is 0 Å². The van der Waals surface area contributed by atoms with Crippen LogP contribution in [0.25, 0.3) is 0 Å². The fraction of sp³-hybridized carbons (Fsp3) is 0.222. The molecule has 0 amide bonds. The lowest BCUT2D eigenvalue weighted by Crippen LogP contribution is -1.86. The Balaban J connectivity index is 2.93. The molecule has 0 unspecified atom stereocenters. The second-order valence-electron chi connectivity index (χ2n) is 2.34. The van der Waals surface area contributed by atoms with Gasteiger partial charge < -0.3 is 0 Å². The molecule has 0 heterocycles. The zero-order valence-corrected chi connectivity index (χ0v) is 6.87. The molecule has 1 radical (unpaired) electrons. The van der Waals surface area contributed by atoms with Crippen molar-refractivity contribution in [1.29, 1.82) is 0 Å². The molecule has 2 heteroatoms. The molecule has 11 heavy (non-hydrogen) atoms. The van der Waals surface area contributed by atoms with E-state index in [1.807, 2.05) is 0 Å². The monoisotopic (exact) mass is 171 g/mol. The van der Waals surface area contributed by atoms with E-state index in [4.69, 9.17) is 11.6 Å². The molecule has 1 aromatic rings. The van der Waals surface area contributed by atoms with Gasteiger partial charge in [0.2, 0.25) is 0 Å². The second-order valence-corrected chi connectivity index (χ2v) is 2.75. The Morgan fingerprint density at radius 1 is 1.45 bits per heavy atom. The summed E-state index contributed by atoms with van der Waals surface area (Å²) in [6.07, 6.45) is 1.47. The van der Waals surface area contributed by atoms with E-state index < -0.39 is 0 Å². The van der Waals surface area contributed by atoms with Crippen LogP contribution in [0, 0.1) is 12.7 Å². The van der Waals surface area contributed by atoms with Crippen LogP contribution in [-0.4, -0.2) is 0 Å². The minimum absolute atomic E-state index is 0.238. The molecule has 59 valence electrons. The molecule has 0 fully saturated rings. The number of halogens is 2. The highest BCUT2D eigenvalue weighted by atomic mass is 35.5. The predicted octanol–water partition coefficient (Wildman–Crippen LogP) is 3.25. The van der Waals surface area contributed by atoms with Crippen molar-refractivity contribution in [3.8, 4) is 0 Å². The molecule has 0 aliphatic heterocycles. The Kier molecular flexibility index (Phi) is 2.89. The Morgan fingerprint density at radius 2 is 2.18 bits per heavy atom. The summed E-state index contributed by atoms with van der Waals surface area (Å²) in [5.74, 6) is -0.238. The van der Waals surface area contributed by atoms with Crippen LogP contribution < -0.4 is 0 Å². The minimum atomic E-state index is -0.238. The maximum absolute atomic E-state index is 12.6. The summed E-state index contributed by atoms with van der Waals surface area (Å²) in [5.41, 5.74) is 0.835. The number of rotatable bonds is 2. The van der Waals surface area contributed by atoms with E-state index in [1.165, 1.54) is 12.1 Å². The maximum Gasteiger partial charge on any atom is 0.123 e. The standard InChI is InChI=1S/C9H9ClF/c1-2-3-7-6-8(11)4-5-9(7)10/h4-6H,1-3H2. The summed E-state index contributed by atoms with van der Waals surface area (Å²) >= 11 is 5.78. The minimum Gasteiger partial charge on any atom is -0.207 e. The van der Waals surface area contributed by atoms with Crippen LogP contribution in [0.15, 0.2) is 18.2 Å². The van der Waals surface area contributed by atoms with E-state index in [9.17, 15) is 4.39 Å². The van der Waals surface area contributed by atoms with E-state index in [2.05, 4.69) is 6.92 Å². The summed E-state index contributed by atoms with van der Waals surface area (Å²) in [4.78, 5) is 0. The topological polar surface area (TPSA) is 0 Å². The van der Waals surface area contributed by atoms with Crippen LogP contribution >= 0.6 is 11.6 Å². The Hall–Kier alpha value is -0.560. The van der Waals surface area contributed by atoms with Crippen LogP contribution in [0.4, 0.5) is 4.39 Å². The van der Waals surface area contributed by atoms with Gasteiger partial charge in [0.15, 0.2) is 0 Å². The Labute approximate surface area is 71.0 Å². The molecule has 0 atom stereocenters. The van der Waals surface area contributed by atoms with Gasteiger partial charge in [-0.15, -0.1) is 0 Å². The molecule has 1 rings (SSSR count). The van der Waals surface area contributed by atoms with E-state index in [-0.39, 0.29) is 5.82 Å². The molecular formula is C9H9ClF. The first-order valence-corrected chi connectivity index (χ1v) is 3.85. The number of hydrogen-bond acceptors (Lipinski definition) is 0. The van der Waals surface area contributed by atoms with Gasteiger partial charge in [-0.1, -0.05) is 18.5 Å². The molecule has 1 aromatic carbocycles. The average molecular weight is 172 g/mol. The van der Waals surface area contributed by atoms with Crippen molar-refractivity contribution in [1.82, 2.24) is 0 Å². The van der Waals surface area contributed by atoms with Gasteiger partial charge in [0.25, 0.3) is 0 Å². The largest absolute Gasteiger partial charge is 0.207 e. The summed E-state index contributed by atoms with van der Waals surface area (Å²) in [5, 5.41) is 0.620. The van der Waals surface area contributed by atoms with Crippen molar-refractivity contribution in [2.75, 3.05) is 0 Å². The molecule has 0 aliphatic carbocycles. The van der Waals surface area contributed by atoms with Crippen molar-refractivity contribution >= 4 is 11.6 Å². The van der Waals surface area contributed by atoms with Gasteiger partial charge in [-0.05, 0) is 36.6 Å². The van der Waals surface area contributed by atoms with E-state index in [0.29, 0.717) is 5.02 Å². The van der Waals surface area contributed by atoms with Crippen molar-refractivity contribution in [2.24, 2.45) is 0 Å². The third kappa shape index (κ3) is 2.19. The van der Waals surface area contributed by atoms with Crippen molar-refractivity contribution in [2.45, 2.75) is 12.8 Å². The van der Waals surface area contributed by atoms with Gasteiger partial charge in [0.1, 0.15) is 5.82 Å². The maximum atomic E-state index is 12.6. The van der Waals surface area contributed by atoms with Crippen LogP contribution in [0.3, 0.4) is 0 Å². The van der Waals surface area contributed by atoms with Crippen LogP contribution in [-0.2, 0) is 6.42 Å². The molecule has 0 saturated heterocycles. The lowest BCUT2D eigenvalue weighted by atomic mass is 10.1. The molecule has 0 spiro atoms. The molecule has 0 N–H and O–H groups in total. The number of benzene rings is 1. The summed E-state index contributed by atoms with van der Waals surface area (Å²) < 4.78 is 12.6. The molecular weight excluding hydrogens is 163 g/mol. The second kappa shape index (κ2) is 3.72. The van der Waals surface area contributed by atoms with Gasteiger partial charge in [-0.2, -0.15) is 0 Å². The van der Waals surface area contributed by atoms with Gasteiger partial charge in [-0.25, -0.2) is 4.39 Å². The lowest BCUT2D eigenvalue weighted by Gasteiger charge is -2.00. The number of aryl methyl sites for hydroxylation is 1. The first kappa shape index (κ1) is 8.54. The zero-order chi connectivity index (χ0) is 8.27. The fourth-order valence-corrected chi connectivity index (χ4v) is 1.14. The highest BCUT2D eigenvalue weighted by Crippen LogP contribution is 2.18. The van der Waals surface area contributed by atoms with Gasteiger partial charge in [0.05, 0.1) is 0 Å². The summed E-state index contributed by atoms with van der Waals surface area (Å²) in [6.45, 7) is 3.67. The molecule has 0 saturated carbocycles. The van der Waals surface area contributed by atoms with Crippen LogP contribution in [0.1, 0.15) is 12.0 Å². The first-order chi connectivity index (χ1) is 5.24. The first-order valence-electron chi connectivity index (χ1n) is 3.47. The smallest absolute Gasteiger partial charge is 0.123 e.